The first kappa shape index (κ1) is 20.5. The molecular formula is C22H25N3OS2. The van der Waals surface area contributed by atoms with Crippen LogP contribution >= 0.6 is 23.6 Å². The molecule has 1 aromatic carbocycles. The third-order valence-electron chi connectivity index (χ3n) is 5.00. The highest BCUT2D eigenvalue weighted by Crippen LogP contribution is 2.36. The van der Waals surface area contributed by atoms with Gasteiger partial charge in [-0.2, -0.15) is 5.26 Å². The Morgan fingerprint density at radius 1 is 1.14 bits per heavy atom. The largest absolute Gasteiger partial charge is 0.323 e. The summed E-state index contributed by atoms with van der Waals surface area (Å²) in [6, 6.07) is 9.88. The second-order valence-electron chi connectivity index (χ2n) is 8.12. The Balaban J connectivity index is 1.69. The van der Waals surface area contributed by atoms with E-state index < -0.39 is 0 Å². The lowest BCUT2D eigenvalue weighted by Crippen LogP contribution is -2.34. The van der Waals surface area contributed by atoms with Crippen LogP contribution in [0.5, 0.6) is 0 Å². The Bertz CT molecular complexity index is 930. The van der Waals surface area contributed by atoms with Gasteiger partial charge in [0.05, 0.1) is 5.56 Å². The van der Waals surface area contributed by atoms with Gasteiger partial charge < -0.3 is 5.32 Å². The normalized spacial score (nSPS) is 13.8. The fourth-order valence-electron chi connectivity index (χ4n) is 3.38. The Labute approximate surface area is 176 Å². The van der Waals surface area contributed by atoms with Crippen molar-refractivity contribution in [2.75, 3.05) is 5.32 Å². The molecule has 0 radical (unpaired) electrons. The molecule has 6 heteroatoms. The van der Waals surface area contributed by atoms with Gasteiger partial charge in [-0.1, -0.05) is 39.3 Å². The number of thiophene rings is 1. The van der Waals surface area contributed by atoms with Crippen LogP contribution in [-0.2, 0) is 18.3 Å². The minimum absolute atomic E-state index is 0.0384. The molecule has 0 unspecified atom stereocenters. The lowest BCUT2D eigenvalue weighted by atomic mass is 9.87. The molecule has 1 aromatic heterocycles. The fraction of sp³-hybridized carbons (Fsp3) is 0.409. The monoisotopic (exact) mass is 411 g/mol. The summed E-state index contributed by atoms with van der Waals surface area (Å²) in [6.45, 7) is 6.41. The van der Waals surface area contributed by atoms with E-state index in [-0.39, 0.29) is 16.4 Å². The van der Waals surface area contributed by atoms with E-state index in [1.54, 1.807) is 11.3 Å². The zero-order valence-corrected chi connectivity index (χ0v) is 18.1. The molecule has 1 aliphatic rings. The molecule has 0 aliphatic heterocycles. The van der Waals surface area contributed by atoms with Gasteiger partial charge in [-0.25, -0.2) is 0 Å². The summed E-state index contributed by atoms with van der Waals surface area (Å²) in [5.74, 6) is -0.255. The Hall–Kier alpha value is -2.23. The van der Waals surface area contributed by atoms with Crippen molar-refractivity contribution in [1.29, 1.82) is 5.26 Å². The number of benzene rings is 1. The number of fused-ring (bicyclic) bond motifs is 1. The zero-order chi connectivity index (χ0) is 20.3. The Morgan fingerprint density at radius 3 is 2.46 bits per heavy atom. The van der Waals surface area contributed by atoms with E-state index in [9.17, 15) is 10.1 Å². The van der Waals surface area contributed by atoms with Crippen LogP contribution in [0.15, 0.2) is 24.3 Å². The van der Waals surface area contributed by atoms with Gasteiger partial charge >= 0.3 is 0 Å². The molecule has 0 saturated heterocycles. The standard InChI is InChI=1S/C22H25N3OS2/c1-22(2,3)15-11-9-14(10-12-15)19(26)24-21(27)25-20-17(13-23)16-7-5-4-6-8-18(16)28-20/h9-12H,4-8H2,1-3H3,(H2,24,25,26,27). The van der Waals surface area contributed by atoms with Crippen LogP contribution < -0.4 is 10.6 Å². The predicted molar refractivity (Wildman–Crippen MR) is 119 cm³/mol. The Kier molecular flexibility index (Phi) is 6.17. The molecular weight excluding hydrogens is 386 g/mol. The number of nitrogens with one attached hydrogen (secondary N) is 2. The molecule has 3 rings (SSSR count). The van der Waals surface area contributed by atoms with Crippen LogP contribution in [0.1, 0.15) is 72.0 Å². The first-order chi connectivity index (χ1) is 13.3. The van der Waals surface area contributed by atoms with Crippen LogP contribution in [0.25, 0.3) is 0 Å². The van der Waals surface area contributed by atoms with Gasteiger partial charge in [0.1, 0.15) is 11.1 Å². The van der Waals surface area contributed by atoms with Gasteiger partial charge in [-0.15, -0.1) is 11.3 Å². The van der Waals surface area contributed by atoms with Gasteiger partial charge in [0, 0.05) is 10.4 Å². The van der Waals surface area contributed by atoms with E-state index in [2.05, 4.69) is 37.5 Å². The van der Waals surface area contributed by atoms with Crippen molar-refractivity contribution in [1.82, 2.24) is 5.32 Å². The third kappa shape index (κ3) is 4.60. The average Bonchev–Trinajstić information content (AvgIpc) is 2.80. The molecule has 0 fully saturated rings. The van der Waals surface area contributed by atoms with Crippen molar-refractivity contribution < 1.29 is 4.79 Å². The molecule has 2 N–H and O–H groups in total. The first-order valence-corrected chi connectivity index (χ1v) is 10.8. The number of carbonyl (C=O) groups excluding carboxylic acids is 1. The summed E-state index contributed by atoms with van der Waals surface area (Å²) in [6.07, 6.45) is 5.43. The summed E-state index contributed by atoms with van der Waals surface area (Å²) in [7, 11) is 0. The van der Waals surface area contributed by atoms with Crippen molar-refractivity contribution in [3.8, 4) is 6.07 Å². The van der Waals surface area contributed by atoms with Crippen LogP contribution in [0.3, 0.4) is 0 Å². The summed E-state index contributed by atoms with van der Waals surface area (Å²) in [5, 5.41) is 16.4. The quantitative estimate of drug-likeness (QED) is 0.519. The number of nitriles is 1. The van der Waals surface area contributed by atoms with E-state index in [1.807, 2.05) is 24.3 Å². The molecule has 1 heterocycles. The molecule has 4 nitrogen and oxygen atoms in total. The topological polar surface area (TPSA) is 64.9 Å². The average molecular weight is 412 g/mol. The number of carbonyl (C=O) groups is 1. The maximum atomic E-state index is 12.5. The van der Waals surface area contributed by atoms with Gasteiger partial charge in [0.15, 0.2) is 5.11 Å². The maximum absolute atomic E-state index is 12.5. The van der Waals surface area contributed by atoms with Crippen molar-refractivity contribution in [3.05, 3.63) is 51.4 Å². The SMILES string of the molecule is CC(C)(C)c1ccc(C(=O)NC(=S)Nc2sc3c(c2C#N)CCCCC3)cc1. The number of amides is 1. The van der Waals surface area contributed by atoms with Crippen molar-refractivity contribution in [3.63, 3.8) is 0 Å². The molecule has 1 aliphatic carbocycles. The summed E-state index contributed by atoms with van der Waals surface area (Å²) < 4.78 is 0. The highest BCUT2D eigenvalue weighted by molar-refractivity contribution is 7.80. The number of anilines is 1. The summed E-state index contributed by atoms with van der Waals surface area (Å²) >= 11 is 6.91. The maximum Gasteiger partial charge on any atom is 0.257 e. The predicted octanol–water partition coefficient (Wildman–Crippen LogP) is 5.31. The fourth-order valence-corrected chi connectivity index (χ4v) is 4.88. The van der Waals surface area contributed by atoms with E-state index in [0.717, 1.165) is 36.2 Å². The molecule has 0 atom stereocenters. The molecule has 146 valence electrons. The molecule has 0 spiro atoms. The minimum Gasteiger partial charge on any atom is -0.323 e. The smallest absolute Gasteiger partial charge is 0.257 e. The van der Waals surface area contributed by atoms with Crippen molar-refractivity contribution >= 4 is 39.6 Å². The third-order valence-corrected chi connectivity index (χ3v) is 6.41. The molecule has 2 aromatic rings. The lowest BCUT2D eigenvalue weighted by molar-refractivity contribution is 0.0977. The Morgan fingerprint density at radius 2 is 1.82 bits per heavy atom. The van der Waals surface area contributed by atoms with E-state index in [0.29, 0.717) is 11.1 Å². The van der Waals surface area contributed by atoms with Crippen molar-refractivity contribution in [2.24, 2.45) is 0 Å². The summed E-state index contributed by atoms with van der Waals surface area (Å²) in [5.41, 5.74) is 3.59. The molecule has 0 saturated carbocycles. The van der Waals surface area contributed by atoms with E-state index in [1.165, 1.54) is 16.9 Å². The number of hydrogen-bond donors (Lipinski definition) is 2. The van der Waals surface area contributed by atoms with Crippen molar-refractivity contribution in [2.45, 2.75) is 58.3 Å². The van der Waals surface area contributed by atoms with Gasteiger partial charge in [-0.3, -0.25) is 10.1 Å². The number of aryl methyl sites for hydroxylation is 1. The number of rotatable bonds is 2. The molecule has 1 amide bonds. The van der Waals surface area contributed by atoms with Crippen LogP contribution in [0.2, 0.25) is 0 Å². The van der Waals surface area contributed by atoms with Gasteiger partial charge in [0.2, 0.25) is 0 Å². The van der Waals surface area contributed by atoms with Gasteiger partial charge in [0.25, 0.3) is 5.91 Å². The molecule has 28 heavy (non-hydrogen) atoms. The lowest BCUT2D eigenvalue weighted by Gasteiger charge is -2.19. The highest BCUT2D eigenvalue weighted by atomic mass is 32.1. The number of nitrogens with zero attached hydrogens (tertiary/aromatic N) is 1. The number of hydrogen-bond acceptors (Lipinski definition) is 4. The second kappa shape index (κ2) is 8.42. The second-order valence-corrected chi connectivity index (χ2v) is 9.63. The summed E-state index contributed by atoms with van der Waals surface area (Å²) in [4.78, 5) is 13.8. The van der Waals surface area contributed by atoms with Crippen LogP contribution in [0, 0.1) is 11.3 Å². The van der Waals surface area contributed by atoms with Crippen LogP contribution in [0.4, 0.5) is 5.00 Å². The minimum atomic E-state index is -0.255. The highest BCUT2D eigenvalue weighted by Gasteiger charge is 2.21. The molecule has 0 bridgehead atoms. The zero-order valence-electron chi connectivity index (χ0n) is 16.5. The van der Waals surface area contributed by atoms with E-state index in [4.69, 9.17) is 12.2 Å². The first-order valence-electron chi connectivity index (χ1n) is 9.57. The number of thiocarbonyl (C=S) groups is 1. The van der Waals surface area contributed by atoms with E-state index >= 15 is 0 Å². The van der Waals surface area contributed by atoms with Crippen LogP contribution in [-0.4, -0.2) is 11.0 Å². The van der Waals surface area contributed by atoms with Gasteiger partial charge in [-0.05, 0) is 66.6 Å².